The van der Waals surface area contributed by atoms with Gasteiger partial charge in [-0.3, -0.25) is 9.59 Å². The number of morpholine rings is 1. The summed E-state index contributed by atoms with van der Waals surface area (Å²) in [5, 5.41) is 18.7. The van der Waals surface area contributed by atoms with Gasteiger partial charge in [0.15, 0.2) is 5.95 Å². The van der Waals surface area contributed by atoms with Crippen molar-refractivity contribution in [2.24, 2.45) is 0 Å². The van der Waals surface area contributed by atoms with Gasteiger partial charge in [0, 0.05) is 24.4 Å². The maximum Gasteiger partial charge on any atom is 0.259 e. The lowest BCUT2D eigenvalue weighted by molar-refractivity contribution is -0.678. The van der Waals surface area contributed by atoms with Gasteiger partial charge in [0.2, 0.25) is 11.6 Å². The smallest absolute Gasteiger partial charge is 0.259 e. The molecule has 0 saturated carbocycles. The highest BCUT2D eigenvalue weighted by atomic mass is 19.1. The molecule has 11 heteroatoms. The second-order valence-electron chi connectivity index (χ2n) is 7.30. The van der Waals surface area contributed by atoms with Gasteiger partial charge in [0.1, 0.15) is 24.2 Å². The van der Waals surface area contributed by atoms with E-state index in [0.29, 0.717) is 17.1 Å². The number of rotatable bonds is 7. The van der Waals surface area contributed by atoms with Gasteiger partial charge in [0.25, 0.3) is 11.6 Å². The number of amides is 2. The molecule has 172 valence electrons. The zero-order chi connectivity index (χ0) is 23.4. The van der Waals surface area contributed by atoms with Gasteiger partial charge in [0.05, 0.1) is 25.4 Å². The topological polar surface area (TPSA) is 121 Å². The molecule has 0 aliphatic carbocycles. The number of nitrogens with zero attached hydrogens (tertiary/aromatic N) is 3. The van der Waals surface area contributed by atoms with Crippen LogP contribution in [-0.4, -0.2) is 48.4 Å². The molecule has 3 aromatic rings. The van der Waals surface area contributed by atoms with Gasteiger partial charge in [-0.15, -0.1) is 0 Å². The summed E-state index contributed by atoms with van der Waals surface area (Å²) in [4.78, 5) is 26.7. The van der Waals surface area contributed by atoms with Crippen molar-refractivity contribution in [2.75, 3.05) is 25.6 Å². The van der Waals surface area contributed by atoms with Crippen molar-refractivity contribution < 1.29 is 37.8 Å². The number of nitrogens with one attached hydrogen (secondary N) is 1. The monoisotopic (exact) mass is 456 g/mol. The van der Waals surface area contributed by atoms with E-state index in [1.54, 1.807) is 31.4 Å². The lowest BCUT2D eigenvalue weighted by Crippen LogP contribution is -2.50. The summed E-state index contributed by atoms with van der Waals surface area (Å²) in [5.74, 6) is -1.35. The van der Waals surface area contributed by atoms with Gasteiger partial charge in [-0.25, -0.2) is 4.39 Å². The first kappa shape index (κ1) is 22.2. The van der Waals surface area contributed by atoms with Crippen LogP contribution in [0.4, 0.5) is 10.1 Å². The van der Waals surface area contributed by atoms with Crippen molar-refractivity contribution >= 4 is 17.5 Å². The van der Waals surface area contributed by atoms with Crippen LogP contribution >= 0.6 is 0 Å². The molecular formula is C22H21FN4O6. The summed E-state index contributed by atoms with van der Waals surface area (Å²) in [6, 6.07) is 12.1. The molecule has 2 amide bonds. The largest absolute Gasteiger partial charge is 0.539 e. The van der Waals surface area contributed by atoms with Crippen molar-refractivity contribution in [3.8, 4) is 17.4 Å². The van der Waals surface area contributed by atoms with Gasteiger partial charge in [-0.2, -0.15) is 0 Å². The number of halogens is 1. The van der Waals surface area contributed by atoms with Crippen molar-refractivity contribution in [3.63, 3.8) is 0 Å². The number of anilines is 1. The number of hydrogen-bond donors (Lipinski definition) is 1. The number of ether oxygens (including phenoxy) is 2. The molecule has 1 fully saturated rings. The third-order valence-corrected chi connectivity index (χ3v) is 5.12. The summed E-state index contributed by atoms with van der Waals surface area (Å²) >= 11 is 0. The van der Waals surface area contributed by atoms with Crippen LogP contribution in [-0.2, 0) is 20.9 Å². The zero-order valence-corrected chi connectivity index (χ0v) is 17.7. The second kappa shape index (κ2) is 9.65. The molecule has 0 spiro atoms. The van der Waals surface area contributed by atoms with Crippen LogP contribution in [0.15, 0.2) is 53.1 Å². The lowest BCUT2D eigenvalue weighted by atomic mass is 10.1. The van der Waals surface area contributed by atoms with E-state index in [1.807, 2.05) is 0 Å². The fraction of sp³-hybridized carbons (Fsp3) is 0.273. The van der Waals surface area contributed by atoms with Gasteiger partial charge in [-0.05, 0) is 41.1 Å². The van der Waals surface area contributed by atoms with Crippen LogP contribution < -0.4 is 19.8 Å². The quantitative estimate of drug-likeness (QED) is 0.525. The first-order valence-corrected chi connectivity index (χ1v) is 10.1. The number of hydrogen-bond acceptors (Lipinski definition) is 7. The minimum atomic E-state index is -1.01. The van der Waals surface area contributed by atoms with E-state index in [2.05, 4.69) is 10.6 Å². The Morgan fingerprint density at radius 2 is 2.00 bits per heavy atom. The van der Waals surface area contributed by atoms with Gasteiger partial charge >= 0.3 is 0 Å². The number of aromatic nitrogens is 2. The maximum absolute atomic E-state index is 13.0. The van der Waals surface area contributed by atoms with E-state index in [1.165, 1.54) is 33.8 Å². The Morgan fingerprint density at radius 3 is 2.70 bits per heavy atom. The van der Waals surface area contributed by atoms with Crippen molar-refractivity contribution in [1.82, 2.24) is 10.2 Å². The van der Waals surface area contributed by atoms with E-state index in [4.69, 9.17) is 14.0 Å². The molecule has 0 bridgehead atoms. The lowest BCUT2D eigenvalue weighted by Gasteiger charge is -2.31. The Bertz CT molecular complexity index is 1130. The Kier molecular flexibility index (Phi) is 6.50. The Labute approximate surface area is 188 Å². The number of methoxy groups -OCH3 is 1. The Hall–Kier alpha value is -3.99. The minimum absolute atomic E-state index is 0.0629. The summed E-state index contributed by atoms with van der Waals surface area (Å²) in [6.07, 6.45) is -1.23. The Balaban J connectivity index is 1.44. The molecule has 1 saturated heterocycles. The molecule has 1 aromatic heterocycles. The molecule has 1 atom stereocenters. The van der Waals surface area contributed by atoms with E-state index in [0.717, 1.165) is 0 Å². The number of benzene rings is 2. The van der Waals surface area contributed by atoms with Crippen LogP contribution in [0.5, 0.6) is 11.7 Å². The first-order valence-electron chi connectivity index (χ1n) is 10.1. The molecule has 33 heavy (non-hydrogen) atoms. The summed E-state index contributed by atoms with van der Waals surface area (Å²) in [5.41, 5.74) is 1.13. The first-order chi connectivity index (χ1) is 15.9. The summed E-state index contributed by atoms with van der Waals surface area (Å²) in [6.45, 7) is 0.372. The van der Waals surface area contributed by atoms with Gasteiger partial charge in [-0.1, -0.05) is 0 Å². The van der Waals surface area contributed by atoms with E-state index >= 15 is 0 Å². The molecule has 1 unspecified atom stereocenters. The minimum Gasteiger partial charge on any atom is -0.539 e. The van der Waals surface area contributed by atoms with Crippen LogP contribution in [0.2, 0.25) is 0 Å². The standard InChI is InChI=1S/C22H21FN4O6/c1-31-17-8-6-16(7-9-17)27-18(22(30)33-25-27)13-26-10-11-32-19(21(26)29)12-20(28)24-15-4-2-14(23)3-5-15/h2-9,19H,10-13H2,1H3,(H-,24,25,28,30). The molecule has 1 N–H and O–H groups in total. The molecule has 1 aliphatic heterocycles. The van der Waals surface area contributed by atoms with Crippen LogP contribution in [0.3, 0.4) is 0 Å². The summed E-state index contributed by atoms with van der Waals surface area (Å²) < 4.78 is 29.8. The third-order valence-electron chi connectivity index (χ3n) is 5.12. The van der Waals surface area contributed by atoms with E-state index in [9.17, 15) is 19.1 Å². The average molecular weight is 456 g/mol. The molecule has 2 heterocycles. The number of carbonyl (C=O) groups is 2. The average Bonchev–Trinajstić information content (AvgIpc) is 3.18. The van der Waals surface area contributed by atoms with Gasteiger partial charge < -0.3 is 29.3 Å². The SMILES string of the molecule is COc1ccc(-[n+]2noc([O-])c2CN2CCOC(CC(=O)Nc3ccc(F)cc3)C2=O)cc1. The van der Waals surface area contributed by atoms with Crippen LogP contribution in [0, 0.1) is 5.82 Å². The van der Waals surface area contributed by atoms with Crippen LogP contribution in [0.1, 0.15) is 12.1 Å². The fourth-order valence-electron chi connectivity index (χ4n) is 3.41. The van der Waals surface area contributed by atoms with Crippen molar-refractivity contribution in [1.29, 1.82) is 0 Å². The summed E-state index contributed by atoms with van der Waals surface area (Å²) in [7, 11) is 1.54. The molecule has 1 aliphatic rings. The molecule has 4 rings (SSSR count). The molecular weight excluding hydrogens is 435 g/mol. The predicted octanol–water partition coefficient (Wildman–Crippen LogP) is 0.929. The highest BCUT2D eigenvalue weighted by Crippen LogP contribution is 2.19. The van der Waals surface area contributed by atoms with E-state index < -0.39 is 29.7 Å². The van der Waals surface area contributed by atoms with E-state index in [-0.39, 0.29) is 31.8 Å². The number of carbonyl (C=O) groups excluding carboxylic acids is 2. The maximum atomic E-state index is 13.0. The Morgan fingerprint density at radius 1 is 1.27 bits per heavy atom. The third kappa shape index (κ3) is 5.09. The zero-order valence-electron chi connectivity index (χ0n) is 17.7. The second-order valence-corrected chi connectivity index (χ2v) is 7.30. The van der Waals surface area contributed by atoms with Crippen LogP contribution in [0.25, 0.3) is 5.69 Å². The molecule has 10 nitrogen and oxygen atoms in total. The van der Waals surface area contributed by atoms with Crippen molar-refractivity contribution in [2.45, 2.75) is 19.1 Å². The highest BCUT2D eigenvalue weighted by molar-refractivity contribution is 5.95. The fourth-order valence-corrected chi connectivity index (χ4v) is 3.41. The normalized spacial score (nSPS) is 16.0. The molecule has 0 radical (unpaired) electrons. The predicted molar refractivity (Wildman–Crippen MR) is 109 cm³/mol. The molecule has 2 aromatic carbocycles. The van der Waals surface area contributed by atoms with Crippen molar-refractivity contribution in [3.05, 3.63) is 60.0 Å². The highest BCUT2D eigenvalue weighted by Gasteiger charge is 2.34.